The molecule has 0 aliphatic carbocycles. The van der Waals surface area contributed by atoms with Gasteiger partial charge in [-0.15, -0.1) is 11.8 Å². The quantitative estimate of drug-likeness (QED) is 0.628. The second-order valence-electron chi connectivity index (χ2n) is 1.81. The van der Waals surface area contributed by atoms with Crippen LogP contribution in [0.1, 0.15) is 6.92 Å². The Morgan fingerprint density at radius 1 is 1.55 bits per heavy atom. The third-order valence-electron chi connectivity index (χ3n) is 1.16. The van der Waals surface area contributed by atoms with Gasteiger partial charge in [-0.2, -0.15) is 0 Å². The second kappa shape index (κ2) is 5.38. The molecular formula is C7H11ClN2S. The smallest absolute Gasteiger partial charge is 0.128 e. The van der Waals surface area contributed by atoms with Crippen LogP contribution in [-0.2, 0) is 0 Å². The van der Waals surface area contributed by atoms with Crippen molar-refractivity contribution in [1.82, 2.24) is 0 Å². The first-order chi connectivity index (χ1) is 5.17. The van der Waals surface area contributed by atoms with Crippen molar-refractivity contribution < 1.29 is 0 Å². The number of halogens is 1. The van der Waals surface area contributed by atoms with Crippen molar-refractivity contribution in [1.29, 1.82) is 0 Å². The highest BCUT2D eigenvalue weighted by Gasteiger charge is 2.02. The summed E-state index contributed by atoms with van der Waals surface area (Å²) in [5.41, 5.74) is 0.872. The molecule has 0 aromatic rings. The summed E-state index contributed by atoms with van der Waals surface area (Å²) in [5.74, 6) is 0. The minimum Gasteiger partial charge on any atom is -0.276 e. The molecule has 0 N–H and O–H groups in total. The van der Waals surface area contributed by atoms with Gasteiger partial charge in [0.05, 0.1) is 0 Å². The number of hydrogen-bond donors (Lipinski definition) is 0. The molecule has 62 valence electrons. The van der Waals surface area contributed by atoms with Crippen LogP contribution in [0.25, 0.3) is 0 Å². The molecular weight excluding hydrogens is 180 g/mol. The lowest BCUT2D eigenvalue weighted by Gasteiger charge is -2.00. The van der Waals surface area contributed by atoms with E-state index in [2.05, 4.69) is 16.7 Å². The van der Waals surface area contributed by atoms with E-state index in [1.807, 2.05) is 13.2 Å². The van der Waals surface area contributed by atoms with E-state index >= 15 is 0 Å². The van der Waals surface area contributed by atoms with E-state index in [1.165, 1.54) is 11.8 Å². The number of allylic oxidation sites excluding steroid dienone is 1. The van der Waals surface area contributed by atoms with Crippen molar-refractivity contribution in [2.75, 3.05) is 13.3 Å². The predicted octanol–water partition coefficient (Wildman–Crippen LogP) is 2.55. The van der Waals surface area contributed by atoms with Crippen molar-refractivity contribution in [3.63, 3.8) is 0 Å². The Kier molecular flexibility index (Phi) is 5.24. The van der Waals surface area contributed by atoms with Crippen LogP contribution in [0.2, 0.25) is 0 Å². The lowest BCUT2D eigenvalue weighted by molar-refractivity contribution is 1.40. The number of thioether (sulfide) groups is 1. The molecule has 0 saturated carbocycles. The fraction of sp³-hybridized carbons (Fsp3) is 0.429. The fourth-order valence-electron chi connectivity index (χ4n) is 0.592. The van der Waals surface area contributed by atoms with Gasteiger partial charge in [-0.1, -0.05) is 11.6 Å². The maximum absolute atomic E-state index is 5.76. The van der Waals surface area contributed by atoms with Crippen LogP contribution in [0.15, 0.2) is 20.6 Å². The Bertz CT molecular complexity index is 208. The van der Waals surface area contributed by atoms with Crippen LogP contribution in [0, 0.1) is 0 Å². The fourth-order valence-corrected chi connectivity index (χ4v) is 1.27. The van der Waals surface area contributed by atoms with Crippen molar-refractivity contribution in [2.45, 2.75) is 6.92 Å². The van der Waals surface area contributed by atoms with Crippen molar-refractivity contribution in [3.8, 4) is 0 Å². The molecule has 0 radical (unpaired) electrons. The minimum atomic E-state index is 0.488. The molecule has 0 unspecified atom stereocenters. The topological polar surface area (TPSA) is 24.7 Å². The maximum atomic E-state index is 5.76. The highest BCUT2D eigenvalue weighted by molar-refractivity contribution is 8.02. The zero-order valence-corrected chi connectivity index (χ0v) is 8.46. The average molecular weight is 191 g/mol. The number of nitrogens with zero attached hydrogens (tertiary/aromatic N) is 2. The summed E-state index contributed by atoms with van der Waals surface area (Å²) in [6, 6.07) is 0. The van der Waals surface area contributed by atoms with Crippen LogP contribution in [0.3, 0.4) is 0 Å². The van der Waals surface area contributed by atoms with Crippen molar-refractivity contribution >= 4 is 35.3 Å². The lowest BCUT2D eigenvalue weighted by atomic mass is 10.3. The van der Waals surface area contributed by atoms with Crippen molar-refractivity contribution in [3.05, 3.63) is 10.6 Å². The summed E-state index contributed by atoms with van der Waals surface area (Å²) in [5, 5.41) is 1.31. The second-order valence-corrected chi connectivity index (χ2v) is 2.96. The molecule has 2 nitrogen and oxygen atoms in total. The Labute approximate surface area is 76.5 Å². The van der Waals surface area contributed by atoms with Gasteiger partial charge < -0.3 is 0 Å². The van der Waals surface area contributed by atoms with Crippen LogP contribution < -0.4 is 0 Å². The molecule has 11 heavy (non-hydrogen) atoms. The molecule has 0 aliphatic heterocycles. The Hall–Kier alpha value is -0.280. The molecule has 0 aromatic heterocycles. The van der Waals surface area contributed by atoms with Gasteiger partial charge in [-0.05, 0) is 19.9 Å². The zero-order valence-electron chi connectivity index (χ0n) is 6.89. The standard InChI is InChI=1S/C7H11ClN2S/c1-5(6(8)9-2)7(10-3)11-4/h3H2,1-2,4H3/b7-5+,9-6+. The monoisotopic (exact) mass is 190 g/mol. The Morgan fingerprint density at radius 2 is 2.09 bits per heavy atom. The highest BCUT2D eigenvalue weighted by atomic mass is 35.5. The van der Waals surface area contributed by atoms with Crippen LogP contribution in [0.4, 0.5) is 0 Å². The van der Waals surface area contributed by atoms with Crippen LogP contribution in [0.5, 0.6) is 0 Å². The molecule has 0 rings (SSSR count). The molecule has 0 bridgehead atoms. The molecule has 0 atom stereocenters. The summed E-state index contributed by atoms with van der Waals surface area (Å²) in [6.45, 7) is 5.30. The summed E-state index contributed by atoms with van der Waals surface area (Å²) in [7, 11) is 1.65. The average Bonchev–Trinajstić information content (AvgIpc) is 2.05. The lowest BCUT2D eigenvalue weighted by Crippen LogP contribution is -1.91. The molecule has 0 aromatic carbocycles. The van der Waals surface area contributed by atoms with Gasteiger partial charge in [0.1, 0.15) is 10.2 Å². The van der Waals surface area contributed by atoms with E-state index in [9.17, 15) is 0 Å². The van der Waals surface area contributed by atoms with Gasteiger partial charge in [0, 0.05) is 12.6 Å². The van der Waals surface area contributed by atoms with E-state index in [0.717, 1.165) is 10.6 Å². The van der Waals surface area contributed by atoms with Gasteiger partial charge >= 0.3 is 0 Å². The highest BCUT2D eigenvalue weighted by Crippen LogP contribution is 2.19. The predicted molar refractivity (Wildman–Crippen MR) is 55.0 cm³/mol. The Morgan fingerprint density at radius 3 is 2.36 bits per heavy atom. The van der Waals surface area contributed by atoms with Gasteiger partial charge in [-0.25, -0.2) is 0 Å². The number of aliphatic imine (C=N–C) groups is 2. The van der Waals surface area contributed by atoms with Gasteiger partial charge in [0.15, 0.2) is 0 Å². The normalized spacial score (nSPS) is 14.4. The van der Waals surface area contributed by atoms with E-state index in [-0.39, 0.29) is 0 Å². The molecule has 0 spiro atoms. The van der Waals surface area contributed by atoms with E-state index in [1.54, 1.807) is 7.05 Å². The Balaban J connectivity index is 4.75. The molecule has 4 heteroatoms. The van der Waals surface area contributed by atoms with Gasteiger partial charge in [0.25, 0.3) is 0 Å². The number of rotatable bonds is 3. The first kappa shape index (κ1) is 10.7. The van der Waals surface area contributed by atoms with E-state index in [4.69, 9.17) is 11.6 Å². The molecule has 0 aliphatic rings. The third kappa shape index (κ3) is 3.08. The minimum absolute atomic E-state index is 0.488. The third-order valence-corrected chi connectivity index (χ3v) is 2.44. The van der Waals surface area contributed by atoms with Crippen LogP contribution >= 0.6 is 23.4 Å². The summed E-state index contributed by atoms with van der Waals surface area (Å²) in [4.78, 5) is 7.63. The molecule has 0 saturated heterocycles. The van der Waals surface area contributed by atoms with Gasteiger partial charge in [0.2, 0.25) is 0 Å². The summed E-state index contributed by atoms with van der Waals surface area (Å²) in [6.07, 6.45) is 1.92. The molecule has 0 fully saturated rings. The molecule has 0 heterocycles. The first-order valence-electron chi connectivity index (χ1n) is 3.01. The SMILES string of the molecule is C=N/C(SC)=C(C)\C(Cl)=N/C. The maximum Gasteiger partial charge on any atom is 0.128 e. The van der Waals surface area contributed by atoms with E-state index in [0.29, 0.717) is 5.17 Å². The molecule has 0 amide bonds. The summed E-state index contributed by atoms with van der Waals surface area (Å²) < 4.78 is 0. The largest absolute Gasteiger partial charge is 0.276 e. The zero-order chi connectivity index (χ0) is 8.85. The van der Waals surface area contributed by atoms with E-state index < -0.39 is 0 Å². The van der Waals surface area contributed by atoms with Crippen molar-refractivity contribution in [2.24, 2.45) is 9.98 Å². The number of hydrogen-bond acceptors (Lipinski definition) is 3. The van der Waals surface area contributed by atoms with Gasteiger partial charge in [-0.3, -0.25) is 9.98 Å². The van der Waals surface area contributed by atoms with Crippen LogP contribution in [-0.4, -0.2) is 25.2 Å². The summed E-state index contributed by atoms with van der Waals surface area (Å²) >= 11 is 7.27. The first-order valence-corrected chi connectivity index (χ1v) is 4.61.